The predicted molar refractivity (Wildman–Crippen MR) is 96.1 cm³/mol. The minimum atomic E-state index is 0. The zero-order chi connectivity index (χ0) is 13.6. The molecule has 0 spiro atoms. The first-order chi connectivity index (χ1) is 9.93. The zero-order valence-electron chi connectivity index (χ0n) is 17.2. The van der Waals surface area contributed by atoms with Gasteiger partial charge in [-0.05, 0) is 48.3 Å². The summed E-state index contributed by atoms with van der Waals surface area (Å²) in [5.41, 5.74) is 2.54. The molecule has 0 fully saturated rings. The predicted octanol–water partition coefficient (Wildman–Crippen LogP) is 2.67. The summed E-state index contributed by atoms with van der Waals surface area (Å²) in [6, 6.07) is 16.2. The van der Waals surface area contributed by atoms with Crippen LogP contribution in [0.4, 0.5) is 0 Å². The van der Waals surface area contributed by atoms with Crippen LogP contribution >= 0.6 is 0 Å². The third-order valence-corrected chi connectivity index (χ3v) is 3.20. The van der Waals surface area contributed by atoms with Crippen molar-refractivity contribution in [1.29, 1.82) is 0 Å². The maximum Gasteiger partial charge on any atom is 3.00 e. The van der Waals surface area contributed by atoms with Crippen LogP contribution in [-0.2, 0) is 84.2 Å². The number of hydrogen-bond donors (Lipinski definition) is 0. The molecule has 0 aromatic heterocycles. The average molecular weight is 947 g/mol. The summed E-state index contributed by atoms with van der Waals surface area (Å²) >= 11 is 0. The van der Waals surface area contributed by atoms with E-state index in [1.165, 1.54) is 11.1 Å². The van der Waals surface area contributed by atoms with Crippen molar-refractivity contribution in [2.75, 3.05) is 0 Å². The van der Waals surface area contributed by atoms with Gasteiger partial charge in [-0.25, -0.2) is 0 Å². The van der Waals surface area contributed by atoms with Crippen LogP contribution in [0.5, 0.6) is 11.5 Å². The van der Waals surface area contributed by atoms with Crippen LogP contribution in [0.1, 0.15) is 11.1 Å². The number of benzene rings is 2. The van der Waals surface area contributed by atoms with Crippen molar-refractivity contribution >= 4 is 91.0 Å². The summed E-state index contributed by atoms with van der Waals surface area (Å²) in [5, 5.41) is 0. The largest absolute Gasteiger partial charge is 3.00 e. The number of allylic oxidation sites excluding steroid dienone is 2. The number of rotatable bonds is 0. The minimum absolute atomic E-state index is 0. The summed E-state index contributed by atoms with van der Waals surface area (Å²) < 4.78 is 10.5. The van der Waals surface area contributed by atoms with Crippen molar-refractivity contribution in [3.05, 3.63) is 84.3 Å². The molecule has 33 heavy (non-hydrogen) atoms. The van der Waals surface area contributed by atoms with Gasteiger partial charge in [0.1, 0.15) is 11.5 Å². The number of fused-ring (bicyclic) bond motifs is 2. The molecule has 4 rings (SSSR count). The van der Waals surface area contributed by atoms with Crippen molar-refractivity contribution in [3.8, 4) is 11.5 Å². The van der Waals surface area contributed by atoms with Crippen molar-refractivity contribution in [2.24, 2.45) is 0 Å². The van der Waals surface area contributed by atoms with Crippen LogP contribution in [0.25, 0.3) is 0 Å². The minimum Gasteiger partial charge on any atom is -2.00 e. The molecule has 0 aliphatic carbocycles. The van der Waals surface area contributed by atoms with E-state index in [1.807, 2.05) is 48.6 Å². The van der Waals surface area contributed by atoms with Gasteiger partial charge < -0.3 is 47.8 Å². The molecule has 0 N–H and O–H groups in total. The zero-order valence-corrected chi connectivity index (χ0v) is 33.4. The Kier molecular flexibility index (Phi) is 91.5. The molecule has 0 amide bonds. The molecule has 2 aromatic carbocycles. The van der Waals surface area contributed by atoms with Gasteiger partial charge in [-0.2, -0.15) is 0 Å². The molecule has 15 heteroatoms. The van der Waals surface area contributed by atoms with Crippen LogP contribution in [0, 0.1) is 71.2 Å². The Morgan fingerprint density at radius 2 is 0.758 bits per heavy atom. The van der Waals surface area contributed by atoms with E-state index in [0.29, 0.717) is 0 Å². The van der Waals surface area contributed by atoms with Gasteiger partial charge in [0.2, 0.25) is 0 Å². The first-order valence-electron chi connectivity index (χ1n) is 6.72. The Bertz CT molecular complexity index is 577. The van der Waals surface area contributed by atoms with Gasteiger partial charge in [0.05, 0.1) is 12.5 Å². The van der Waals surface area contributed by atoms with Gasteiger partial charge in [0, 0.05) is 0 Å². The van der Waals surface area contributed by atoms with E-state index in [4.69, 9.17) is 9.47 Å². The summed E-state index contributed by atoms with van der Waals surface area (Å²) in [5.74, 6) is 1.98. The molecule has 172 valence electrons. The van der Waals surface area contributed by atoms with E-state index in [0.717, 1.165) is 24.3 Å². The molecule has 2 aromatic rings. The third kappa shape index (κ3) is 25.6. The number of hydrogen-bond acceptors (Lipinski definition) is 2. The van der Waals surface area contributed by atoms with Gasteiger partial charge in [-0.15, -0.1) is 0 Å². The molecule has 2 aliphatic rings. The van der Waals surface area contributed by atoms with Crippen molar-refractivity contribution in [2.45, 2.75) is 12.8 Å². The normalized spacial score (nSPS) is 8.48. The van der Waals surface area contributed by atoms with Gasteiger partial charge in [0.25, 0.3) is 0 Å². The van der Waals surface area contributed by atoms with E-state index < -0.39 is 0 Å². The van der Waals surface area contributed by atoms with E-state index in [1.54, 1.807) is 12.5 Å². The summed E-state index contributed by atoms with van der Waals surface area (Å²) in [6.45, 7) is 0. The standard InChI is InChI=1S/2C9H8O.2La.2Ni.7O.2Sr/c2*1-2-6-9-8(4-1)5-3-7-10-9;;;;;;;;;;;;;/h2*1-4,6-7H,5H2;;;;;;;;;;;;;/q;;2*+3;2*+2;7*-2;2*+2. The second-order valence-corrected chi connectivity index (χ2v) is 4.60. The van der Waals surface area contributed by atoms with E-state index in [9.17, 15) is 0 Å². The molecule has 9 nitrogen and oxygen atoms in total. The Morgan fingerprint density at radius 3 is 1.03 bits per heavy atom. The molecule has 0 radical (unpaired) electrons. The van der Waals surface area contributed by atoms with Crippen LogP contribution < -0.4 is 9.47 Å². The topological polar surface area (TPSA) is 218 Å². The first kappa shape index (κ1) is 70.8. The van der Waals surface area contributed by atoms with E-state index in [2.05, 4.69) is 12.1 Å². The van der Waals surface area contributed by atoms with Crippen LogP contribution in [0.15, 0.2) is 73.2 Å². The van der Waals surface area contributed by atoms with Gasteiger partial charge >= 0.3 is 195 Å². The monoisotopic (exact) mass is 946 g/mol. The molecule has 0 saturated carbocycles. The quantitative estimate of drug-likeness (QED) is 0.364. The van der Waals surface area contributed by atoms with Crippen molar-refractivity contribution in [3.63, 3.8) is 0 Å². The fourth-order valence-corrected chi connectivity index (χ4v) is 2.17. The first-order valence-corrected chi connectivity index (χ1v) is 6.72. The maximum absolute atomic E-state index is 5.24. The molecule has 0 unspecified atom stereocenters. The number of para-hydroxylation sites is 2. The van der Waals surface area contributed by atoms with E-state index >= 15 is 0 Å². The fraction of sp³-hybridized carbons (Fsp3) is 0.111. The molecule has 0 atom stereocenters. The molecular formula is C18H16La2Ni2O9Sr2. The second-order valence-electron chi connectivity index (χ2n) is 4.60. The average Bonchev–Trinajstić information content (AvgIpc) is 2.56. The molecule has 0 saturated heterocycles. The van der Waals surface area contributed by atoms with Gasteiger partial charge in [0.15, 0.2) is 0 Å². The Hall–Kier alpha value is 3.58. The maximum atomic E-state index is 5.24. The van der Waals surface area contributed by atoms with E-state index in [-0.39, 0.29) is 233 Å². The summed E-state index contributed by atoms with van der Waals surface area (Å²) in [6.07, 6.45) is 9.50. The molecule has 2 aliphatic heterocycles. The fourth-order valence-electron chi connectivity index (χ4n) is 2.17. The Balaban J connectivity index is -0.0000000234. The number of ether oxygens (including phenoxy) is 2. The second kappa shape index (κ2) is 42.7. The molecular weight excluding hydrogens is 931 g/mol. The smallest absolute Gasteiger partial charge is 2.00 e. The van der Waals surface area contributed by atoms with Crippen LogP contribution in [0.2, 0.25) is 0 Å². The third-order valence-electron chi connectivity index (χ3n) is 3.20. The van der Waals surface area contributed by atoms with Crippen LogP contribution in [0.3, 0.4) is 0 Å². The Morgan fingerprint density at radius 1 is 0.485 bits per heavy atom. The molecule has 0 bridgehead atoms. The molecule has 2 heterocycles. The van der Waals surface area contributed by atoms with Gasteiger partial charge in [-0.3, -0.25) is 0 Å². The van der Waals surface area contributed by atoms with Crippen molar-refractivity contribution in [1.82, 2.24) is 0 Å². The van der Waals surface area contributed by atoms with Crippen molar-refractivity contribution < 1.29 is 152 Å². The van der Waals surface area contributed by atoms with Crippen LogP contribution in [-0.4, -0.2) is 91.0 Å². The summed E-state index contributed by atoms with van der Waals surface area (Å²) in [7, 11) is 0. The summed E-state index contributed by atoms with van der Waals surface area (Å²) in [4.78, 5) is 0. The van der Waals surface area contributed by atoms with Gasteiger partial charge in [-0.1, -0.05) is 36.4 Å². The SMILES string of the molecule is C1=COc2ccccc2C1.C1=COc2ccccc2C1.[La+3].[La+3].[Ni+2].[Ni+2].[O-2].[O-2].[O-2].[O-2].[O-2].[O-2].[O-2].[Sr+2].[Sr+2]. The Labute approximate surface area is 344 Å².